The summed E-state index contributed by atoms with van der Waals surface area (Å²) in [7, 11) is 0. The summed E-state index contributed by atoms with van der Waals surface area (Å²) < 4.78 is 1.98. The molecule has 0 aliphatic heterocycles. The number of H-pyrrole nitrogens is 1. The third-order valence-corrected chi connectivity index (χ3v) is 4.43. The Morgan fingerprint density at radius 3 is 2.85 bits per heavy atom. The van der Waals surface area contributed by atoms with Crippen LogP contribution < -0.4 is 5.32 Å². The highest BCUT2D eigenvalue weighted by Gasteiger charge is 2.10. The van der Waals surface area contributed by atoms with Crippen molar-refractivity contribution in [2.45, 2.75) is 6.92 Å². The monoisotopic (exact) mass is 340 g/mol. The van der Waals surface area contributed by atoms with Crippen LogP contribution in [0.3, 0.4) is 0 Å². The fourth-order valence-electron chi connectivity index (χ4n) is 3.02. The van der Waals surface area contributed by atoms with Crippen LogP contribution in [0, 0.1) is 6.92 Å². The van der Waals surface area contributed by atoms with E-state index in [4.69, 9.17) is 4.98 Å². The smallest absolute Gasteiger partial charge is 0.180 e. The molecule has 2 N–H and O–H groups in total. The highest BCUT2D eigenvalue weighted by molar-refractivity contribution is 5.83. The molecule has 26 heavy (non-hydrogen) atoms. The highest BCUT2D eigenvalue weighted by Crippen LogP contribution is 2.26. The van der Waals surface area contributed by atoms with Crippen LogP contribution in [0.4, 0.5) is 11.5 Å². The summed E-state index contributed by atoms with van der Waals surface area (Å²) >= 11 is 0. The maximum absolute atomic E-state index is 4.82. The number of aromatic amines is 1. The van der Waals surface area contributed by atoms with Crippen LogP contribution in [0.5, 0.6) is 0 Å². The molecule has 5 aromatic rings. The number of anilines is 2. The van der Waals surface area contributed by atoms with Crippen molar-refractivity contribution >= 4 is 28.1 Å². The van der Waals surface area contributed by atoms with Gasteiger partial charge in [-0.3, -0.25) is 5.10 Å². The second-order valence-electron chi connectivity index (χ2n) is 6.30. The van der Waals surface area contributed by atoms with Crippen molar-refractivity contribution in [3.63, 3.8) is 0 Å². The van der Waals surface area contributed by atoms with Crippen LogP contribution in [-0.2, 0) is 0 Å². The number of benzene rings is 2. The Balaban J connectivity index is 1.63. The third kappa shape index (κ3) is 2.48. The van der Waals surface area contributed by atoms with E-state index < -0.39 is 0 Å². The number of nitrogens with one attached hydrogen (secondary N) is 2. The molecule has 0 radical (unpaired) electrons. The number of hydrogen-bond donors (Lipinski definition) is 2. The zero-order chi connectivity index (χ0) is 17.5. The molecular formula is C20H16N6. The lowest BCUT2D eigenvalue weighted by atomic mass is 10.1. The molecule has 3 heterocycles. The fourth-order valence-corrected chi connectivity index (χ4v) is 3.02. The fraction of sp³-hybridized carbons (Fsp3) is 0.0500. The molecule has 5 rings (SSSR count). The molecule has 0 amide bonds. The lowest BCUT2D eigenvalue weighted by molar-refractivity contribution is 1.12. The molecule has 0 unspecified atom stereocenters. The normalized spacial score (nSPS) is 11.3. The summed E-state index contributed by atoms with van der Waals surface area (Å²) in [5.41, 5.74) is 5.86. The van der Waals surface area contributed by atoms with Crippen molar-refractivity contribution < 1.29 is 0 Å². The van der Waals surface area contributed by atoms with Gasteiger partial charge in [0.05, 0.1) is 17.4 Å². The molecule has 0 aliphatic rings. The lowest BCUT2D eigenvalue weighted by Crippen LogP contribution is -2.00. The number of aryl methyl sites for hydroxylation is 1. The van der Waals surface area contributed by atoms with E-state index in [0.29, 0.717) is 0 Å². The minimum absolute atomic E-state index is 0.723. The number of rotatable bonds is 3. The van der Waals surface area contributed by atoms with E-state index in [1.165, 1.54) is 5.56 Å². The van der Waals surface area contributed by atoms with Crippen molar-refractivity contribution in [3.8, 4) is 11.3 Å². The molecule has 2 aromatic carbocycles. The summed E-state index contributed by atoms with van der Waals surface area (Å²) in [5, 5.41) is 11.6. The van der Waals surface area contributed by atoms with Gasteiger partial charge in [0.15, 0.2) is 11.5 Å². The van der Waals surface area contributed by atoms with Gasteiger partial charge in [0.25, 0.3) is 0 Å². The number of nitrogens with zero attached hydrogens (tertiary/aromatic N) is 4. The first-order chi connectivity index (χ1) is 12.8. The number of imidazole rings is 1. The Morgan fingerprint density at radius 1 is 1.08 bits per heavy atom. The van der Waals surface area contributed by atoms with Gasteiger partial charge in [-0.1, -0.05) is 29.8 Å². The lowest BCUT2D eigenvalue weighted by Gasteiger charge is -2.10. The van der Waals surface area contributed by atoms with Crippen LogP contribution in [0.1, 0.15) is 5.56 Å². The standard InChI is InChI=1S/C20H16N6/c1-13-2-6-16(7-3-13)23-19-20-21-8-9-26(20)12-18(24-19)14-4-5-15-11-22-25-17(15)10-14/h2-12H,1H3,(H,22,25)(H,23,24). The van der Waals surface area contributed by atoms with Crippen LogP contribution >= 0.6 is 0 Å². The van der Waals surface area contributed by atoms with Crippen LogP contribution in [-0.4, -0.2) is 24.6 Å². The van der Waals surface area contributed by atoms with Gasteiger partial charge in [-0.2, -0.15) is 5.10 Å². The Kier molecular flexibility index (Phi) is 3.21. The molecule has 0 bridgehead atoms. The van der Waals surface area contributed by atoms with E-state index in [2.05, 4.69) is 51.7 Å². The van der Waals surface area contributed by atoms with E-state index in [1.807, 2.05) is 41.2 Å². The molecule has 0 aliphatic carbocycles. The summed E-state index contributed by atoms with van der Waals surface area (Å²) in [5.74, 6) is 0.723. The van der Waals surface area contributed by atoms with Crippen molar-refractivity contribution in [2.24, 2.45) is 0 Å². The van der Waals surface area contributed by atoms with Crippen LogP contribution in [0.25, 0.3) is 27.8 Å². The largest absolute Gasteiger partial charge is 0.337 e. The summed E-state index contributed by atoms with van der Waals surface area (Å²) in [6.45, 7) is 2.07. The van der Waals surface area contributed by atoms with Crippen molar-refractivity contribution in [3.05, 3.63) is 72.8 Å². The Bertz CT molecular complexity index is 1220. The van der Waals surface area contributed by atoms with E-state index in [1.54, 1.807) is 6.20 Å². The minimum Gasteiger partial charge on any atom is -0.337 e. The maximum Gasteiger partial charge on any atom is 0.180 e. The number of fused-ring (bicyclic) bond motifs is 2. The number of hydrogen-bond acceptors (Lipinski definition) is 4. The topological polar surface area (TPSA) is 70.9 Å². The molecular weight excluding hydrogens is 324 g/mol. The Labute approximate surface area is 149 Å². The second-order valence-corrected chi connectivity index (χ2v) is 6.30. The predicted octanol–water partition coefficient (Wildman–Crippen LogP) is 4.32. The molecule has 6 heteroatoms. The van der Waals surface area contributed by atoms with Gasteiger partial charge in [-0.05, 0) is 25.1 Å². The molecule has 0 saturated heterocycles. The first-order valence-corrected chi connectivity index (χ1v) is 8.37. The predicted molar refractivity (Wildman–Crippen MR) is 103 cm³/mol. The molecule has 0 spiro atoms. The van der Waals surface area contributed by atoms with Gasteiger partial charge in [-0.25, -0.2) is 9.97 Å². The van der Waals surface area contributed by atoms with Gasteiger partial charge in [-0.15, -0.1) is 0 Å². The molecule has 0 saturated carbocycles. The van der Waals surface area contributed by atoms with E-state index in [9.17, 15) is 0 Å². The molecule has 3 aromatic heterocycles. The van der Waals surface area contributed by atoms with Crippen molar-refractivity contribution in [1.82, 2.24) is 24.6 Å². The quantitative estimate of drug-likeness (QED) is 0.513. The van der Waals surface area contributed by atoms with Crippen molar-refractivity contribution in [2.75, 3.05) is 5.32 Å². The Hall–Kier alpha value is -3.67. The van der Waals surface area contributed by atoms with Gasteiger partial charge in [0, 0.05) is 35.2 Å². The van der Waals surface area contributed by atoms with E-state index in [0.717, 1.165) is 39.3 Å². The summed E-state index contributed by atoms with van der Waals surface area (Å²) in [6, 6.07) is 14.4. The van der Waals surface area contributed by atoms with Gasteiger partial charge >= 0.3 is 0 Å². The SMILES string of the molecule is Cc1ccc(Nc2nc(-c3ccc4cn[nH]c4c3)cn3ccnc23)cc1. The average molecular weight is 340 g/mol. The van der Waals surface area contributed by atoms with E-state index >= 15 is 0 Å². The first kappa shape index (κ1) is 14.7. The number of aromatic nitrogens is 5. The highest BCUT2D eigenvalue weighted by atomic mass is 15.1. The molecule has 0 fully saturated rings. The summed E-state index contributed by atoms with van der Waals surface area (Å²) in [6.07, 6.45) is 7.50. The Morgan fingerprint density at radius 2 is 1.96 bits per heavy atom. The van der Waals surface area contributed by atoms with Crippen LogP contribution in [0.15, 0.2) is 67.3 Å². The molecule has 0 atom stereocenters. The van der Waals surface area contributed by atoms with Crippen LogP contribution in [0.2, 0.25) is 0 Å². The van der Waals surface area contributed by atoms with Gasteiger partial charge in [0.2, 0.25) is 0 Å². The molecule has 6 nitrogen and oxygen atoms in total. The third-order valence-electron chi connectivity index (χ3n) is 4.43. The zero-order valence-corrected chi connectivity index (χ0v) is 14.1. The molecule has 126 valence electrons. The average Bonchev–Trinajstić information content (AvgIpc) is 3.31. The first-order valence-electron chi connectivity index (χ1n) is 8.37. The van der Waals surface area contributed by atoms with Gasteiger partial charge in [0.1, 0.15) is 0 Å². The second kappa shape index (κ2) is 5.70. The summed E-state index contributed by atoms with van der Waals surface area (Å²) in [4.78, 5) is 9.25. The van der Waals surface area contributed by atoms with E-state index in [-0.39, 0.29) is 0 Å². The zero-order valence-electron chi connectivity index (χ0n) is 14.1. The van der Waals surface area contributed by atoms with Gasteiger partial charge < -0.3 is 9.72 Å². The maximum atomic E-state index is 4.82. The van der Waals surface area contributed by atoms with Crippen molar-refractivity contribution in [1.29, 1.82) is 0 Å². The minimum atomic E-state index is 0.723.